The highest BCUT2D eigenvalue weighted by atomic mass is 16.4. The van der Waals surface area contributed by atoms with Gasteiger partial charge in [-0.2, -0.15) is 0 Å². The summed E-state index contributed by atoms with van der Waals surface area (Å²) in [5, 5.41) is 9.45. The van der Waals surface area contributed by atoms with E-state index in [1.807, 2.05) is 0 Å². The van der Waals surface area contributed by atoms with Crippen molar-refractivity contribution in [3.63, 3.8) is 0 Å². The van der Waals surface area contributed by atoms with Crippen molar-refractivity contribution >= 4 is 17.1 Å². The van der Waals surface area contributed by atoms with Crippen LogP contribution in [-0.4, -0.2) is 21.0 Å². The van der Waals surface area contributed by atoms with Crippen LogP contribution in [0.15, 0.2) is 10.7 Å². The predicted molar refractivity (Wildman–Crippen MR) is 48.2 cm³/mol. The zero-order valence-electron chi connectivity index (χ0n) is 7.74. The highest BCUT2D eigenvalue weighted by Crippen LogP contribution is 2.25. The summed E-state index contributed by atoms with van der Waals surface area (Å²) >= 11 is 0. The second kappa shape index (κ2) is 2.80. The third-order valence-electron chi connectivity index (χ3n) is 2.07. The quantitative estimate of drug-likeness (QED) is 0.741. The van der Waals surface area contributed by atoms with E-state index in [4.69, 9.17) is 9.52 Å². The fraction of sp³-hybridized carbons (Fsp3) is 0.222. The number of rotatable bonds is 1. The molecule has 0 saturated heterocycles. The first-order chi connectivity index (χ1) is 6.61. The van der Waals surface area contributed by atoms with Crippen molar-refractivity contribution in [1.82, 2.24) is 9.97 Å². The molecule has 0 aliphatic heterocycles. The Kier molecular flexibility index (Phi) is 1.73. The number of aromatic nitrogens is 2. The van der Waals surface area contributed by atoms with Crippen molar-refractivity contribution in [2.24, 2.45) is 0 Å². The second-order valence-corrected chi connectivity index (χ2v) is 2.98. The number of carboxylic acids is 1. The van der Waals surface area contributed by atoms with E-state index in [0.717, 1.165) is 0 Å². The average Bonchev–Trinajstić information content (AvgIpc) is 2.42. The molecule has 0 unspecified atom stereocenters. The maximum absolute atomic E-state index is 10.9. The van der Waals surface area contributed by atoms with Gasteiger partial charge in [0.15, 0.2) is 0 Å². The minimum atomic E-state index is -1.01. The lowest BCUT2D eigenvalue weighted by Crippen LogP contribution is -1.98. The monoisotopic (exact) mass is 192 g/mol. The van der Waals surface area contributed by atoms with E-state index in [9.17, 15) is 4.79 Å². The van der Waals surface area contributed by atoms with Gasteiger partial charge in [0.2, 0.25) is 5.71 Å². The van der Waals surface area contributed by atoms with Crippen LogP contribution in [0.2, 0.25) is 0 Å². The van der Waals surface area contributed by atoms with Gasteiger partial charge < -0.3 is 9.52 Å². The molecular formula is C9H8N2O3. The van der Waals surface area contributed by atoms with Crippen molar-refractivity contribution in [3.8, 4) is 0 Å². The van der Waals surface area contributed by atoms with Crippen molar-refractivity contribution in [3.05, 3.63) is 23.3 Å². The first kappa shape index (κ1) is 8.68. The van der Waals surface area contributed by atoms with Gasteiger partial charge in [0.1, 0.15) is 17.7 Å². The summed E-state index contributed by atoms with van der Waals surface area (Å²) in [6.45, 7) is 3.33. The van der Waals surface area contributed by atoms with Gasteiger partial charge in [-0.05, 0) is 13.8 Å². The van der Waals surface area contributed by atoms with E-state index in [0.29, 0.717) is 22.6 Å². The summed E-state index contributed by atoms with van der Waals surface area (Å²) in [5.41, 5.74) is 1.09. The smallest absolute Gasteiger partial charge is 0.340 e. The van der Waals surface area contributed by atoms with Crippen LogP contribution < -0.4 is 0 Å². The Balaban J connectivity index is 2.93. The topological polar surface area (TPSA) is 76.2 Å². The summed E-state index contributed by atoms with van der Waals surface area (Å²) in [6.07, 6.45) is 1.35. The minimum absolute atomic E-state index is 0.151. The molecular weight excluding hydrogens is 184 g/mol. The summed E-state index contributed by atoms with van der Waals surface area (Å²) in [6, 6.07) is 0. The largest absolute Gasteiger partial charge is 0.478 e. The molecule has 5 heteroatoms. The number of carbonyl (C=O) groups is 1. The van der Waals surface area contributed by atoms with Crippen LogP contribution in [0.4, 0.5) is 0 Å². The highest BCUT2D eigenvalue weighted by molar-refractivity contribution is 6.03. The molecule has 0 spiro atoms. The van der Waals surface area contributed by atoms with E-state index >= 15 is 0 Å². The molecule has 0 aromatic carbocycles. The lowest BCUT2D eigenvalue weighted by molar-refractivity contribution is 0.0697. The van der Waals surface area contributed by atoms with E-state index in [1.165, 1.54) is 6.33 Å². The lowest BCUT2D eigenvalue weighted by atomic mass is 10.1. The third-order valence-corrected chi connectivity index (χ3v) is 2.07. The molecule has 2 aromatic rings. The molecule has 0 radical (unpaired) electrons. The summed E-state index contributed by atoms with van der Waals surface area (Å²) in [5.74, 6) is -0.657. The Morgan fingerprint density at radius 3 is 2.79 bits per heavy atom. The number of nitrogens with zero attached hydrogens (tertiary/aromatic N) is 2. The Morgan fingerprint density at radius 2 is 2.14 bits per heavy atom. The molecule has 72 valence electrons. The molecule has 1 N–H and O–H groups in total. The minimum Gasteiger partial charge on any atom is -0.478 e. The van der Waals surface area contributed by atoms with Gasteiger partial charge in [-0.25, -0.2) is 14.8 Å². The highest BCUT2D eigenvalue weighted by Gasteiger charge is 2.19. The van der Waals surface area contributed by atoms with Gasteiger partial charge in [0, 0.05) is 0 Å². The number of aryl methyl sites for hydroxylation is 2. The van der Waals surface area contributed by atoms with Crippen molar-refractivity contribution in [2.75, 3.05) is 0 Å². The Morgan fingerprint density at radius 1 is 1.43 bits per heavy atom. The van der Waals surface area contributed by atoms with Crippen LogP contribution in [0.5, 0.6) is 0 Å². The fourth-order valence-corrected chi connectivity index (χ4v) is 1.45. The SMILES string of the molecule is Cc1oc2ncnc(C)c2c1C(=O)O. The molecule has 14 heavy (non-hydrogen) atoms. The number of hydrogen-bond acceptors (Lipinski definition) is 4. The summed E-state index contributed by atoms with van der Waals surface area (Å²) in [7, 11) is 0. The zero-order valence-corrected chi connectivity index (χ0v) is 7.74. The van der Waals surface area contributed by atoms with Crippen LogP contribution in [0.25, 0.3) is 11.1 Å². The van der Waals surface area contributed by atoms with Gasteiger partial charge in [-0.3, -0.25) is 0 Å². The van der Waals surface area contributed by atoms with Gasteiger partial charge in [-0.15, -0.1) is 0 Å². The second-order valence-electron chi connectivity index (χ2n) is 2.98. The standard InChI is InChI=1S/C9H8N2O3/c1-4-6-7(9(12)13)5(2)14-8(6)11-3-10-4/h3H,1-2H3,(H,12,13). The van der Waals surface area contributed by atoms with Crippen molar-refractivity contribution < 1.29 is 14.3 Å². The lowest BCUT2D eigenvalue weighted by Gasteiger charge is -1.93. The van der Waals surface area contributed by atoms with E-state index in [2.05, 4.69) is 9.97 Å². The first-order valence-corrected chi connectivity index (χ1v) is 4.05. The molecule has 0 aliphatic rings. The number of furan rings is 1. The van der Waals surface area contributed by atoms with Gasteiger partial charge in [0.05, 0.1) is 11.1 Å². The molecule has 0 bridgehead atoms. The molecule has 2 heterocycles. The summed E-state index contributed by atoms with van der Waals surface area (Å²) < 4.78 is 5.21. The Labute approximate surface area is 79.4 Å². The van der Waals surface area contributed by atoms with E-state index in [1.54, 1.807) is 13.8 Å². The zero-order chi connectivity index (χ0) is 10.3. The molecule has 0 fully saturated rings. The van der Waals surface area contributed by atoms with E-state index in [-0.39, 0.29) is 5.56 Å². The molecule has 0 aliphatic carbocycles. The van der Waals surface area contributed by atoms with Crippen molar-refractivity contribution in [2.45, 2.75) is 13.8 Å². The van der Waals surface area contributed by atoms with Gasteiger partial charge in [0.25, 0.3) is 0 Å². The van der Waals surface area contributed by atoms with Gasteiger partial charge >= 0.3 is 5.97 Å². The molecule has 0 atom stereocenters. The normalized spacial score (nSPS) is 10.7. The van der Waals surface area contributed by atoms with Gasteiger partial charge in [-0.1, -0.05) is 0 Å². The van der Waals surface area contributed by atoms with Crippen LogP contribution in [0, 0.1) is 13.8 Å². The van der Waals surface area contributed by atoms with Crippen LogP contribution in [0.3, 0.4) is 0 Å². The maximum atomic E-state index is 10.9. The van der Waals surface area contributed by atoms with Crippen molar-refractivity contribution in [1.29, 1.82) is 0 Å². The predicted octanol–water partition coefficient (Wildman–Crippen LogP) is 1.54. The molecule has 2 rings (SSSR count). The molecule has 2 aromatic heterocycles. The third kappa shape index (κ3) is 1.06. The average molecular weight is 192 g/mol. The maximum Gasteiger partial charge on any atom is 0.340 e. The number of aromatic carboxylic acids is 1. The van der Waals surface area contributed by atoms with E-state index < -0.39 is 5.97 Å². The first-order valence-electron chi connectivity index (χ1n) is 4.05. The number of hydrogen-bond donors (Lipinski definition) is 1. The summed E-state index contributed by atoms with van der Waals surface area (Å²) in [4.78, 5) is 18.7. The molecule has 0 amide bonds. The molecule has 0 saturated carbocycles. The Bertz CT molecular complexity index is 516. The van der Waals surface area contributed by atoms with Crippen LogP contribution >= 0.6 is 0 Å². The Hall–Kier alpha value is -1.91. The number of carboxylic acid groups (broad SMARTS) is 1. The number of fused-ring (bicyclic) bond motifs is 1. The van der Waals surface area contributed by atoms with Crippen LogP contribution in [0.1, 0.15) is 21.8 Å². The fourth-order valence-electron chi connectivity index (χ4n) is 1.45. The van der Waals surface area contributed by atoms with Crippen LogP contribution in [-0.2, 0) is 0 Å². The molecule has 5 nitrogen and oxygen atoms in total.